The number of nitrogens with zero attached hydrogens (tertiary/aromatic N) is 2. The third kappa shape index (κ3) is 1.86. The van der Waals surface area contributed by atoms with Gasteiger partial charge in [0.25, 0.3) is 0 Å². The van der Waals surface area contributed by atoms with E-state index in [-0.39, 0.29) is 5.69 Å². The Balaban J connectivity index is 2.02. The minimum absolute atomic E-state index is 0.120. The fourth-order valence-electron chi connectivity index (χ4n) is 2.20. The average Bonchev–Trinajstić information content (AvgIpc) is 3.13. The number of carboxylic acid groups (broad SMARTS) is 1. The number of fused-ring (bicyclic) bond motifs is 1. The van der Waals surface area contributed by atoms with E-state index in [1.54, 1.807) is 10.7 Å². The molecule has 2 aromatic rings. The third-order valence-electron chi connectivity index (χ3n) is 3.32. The Kier molecular flexibility index (Phi) is 2.56. The van der Waals surface area contributed by atoms with Gasteiger partial charge in [-0.3, -0.25) is 4.68 Å². The molecule has 2 unspecified atom stereocenters. The van der Waals surface area contributed by atoms with Crippen molar-refractivity contribution in [2.75, 3.05) is 6.61 Å². The lowest BCUT2D eigenvalue weighted by molar-refractivity contribution is 0.0691. The molecule has 1 aromatic heterocycles. The summed E-state index contributed by atoms with van der Waals surface area (Å²) >= 11 is 0. The van der Waals surface area contributed by atoms with Crippen molar-refractivity contribution in [3.63, 3.8) is 0 Å². The van der Waals surface area contributed by atoms with Gasteiger partial charge >= 0.3 is 5.97 Å². The highest BCUT2D eigenvalue weighted by Gasteiger charge is 2.30. The van der Waals surface area contributed by atoms with E-state index in [0.29, 0.717) is 24.0 Å². The molecule has 1 fully saturated rings. The Hall–Kier alpha value is -1.88. The largest absolute Gasteiger partial charge is 0.476 e. The van der Waals surface area contributed by atoms with Crippen molar-refractivity contribution in [3.05, 3.63) is 30.0 Å². The molecule has 1 N–H and O–H groups in total. The molecule has 2 heterocycles. The highest BCUT2D eigenvalue weighted by Crippen LogP contribution is 2.24. The smallest absolute Gasteiger partial charge is 0.357 e. The van der Waals surface area contributed by atoms with Crippen LogP contribution in [-0.2, 0) is 11.3 Å². The molecule has 1 aliphatic heterocycles. The number of para-hydroxylation sites is 1. The minimum Gasteiger partial charge on any atom is -0.476 e. The highest BCUT2D eigenvalue weighted by atomic mass is 16.6. The number of carbonyl (C=O) groups is 1. The van der Waals surface area contributed by atoms with Crippen LogP contribution < -0.4 is 0 Å². The molecule has 2 atom stereocenters. The number of aromatic carboxylic acids is 1. The van der Waals surface area contributed by atoms with Gasteiger partial charge in [0.1, 0.15) is 0 Å². The van der Waals surface area contributed by atoms with Gasteiger partial charge in [0.2, 0.25) is 0 Å². The number of ether oxygens (including phenoxy) is 1. The number of carboxylic acids is 1. The molecule has 18 heavy (non-hydrogen) atoms. The van der Waals surface area contributed by atoms with Gasteiger partial charge < -0.3 is 9.84 Å². The lowest BCUT2D eigenvalue weighted by Crippen LogP contribution is -2.14. The van der Waals surface area contributed by atoms with Crippen molar-refractivity contribution < 1.29 is 14.6 Å². The molecule has 3 rings (SSSR count). The Labute approximate surface area is 104 Å². The predicted molar refractivity (Wildman–Crippen MR) is 65.6 cm³/mol. The molecule has 0 spiro atoms. The van der Waals surface area contributed by atoms with Gasteiger partial charge in [-0.25, -0.2) is 4.79 Å². The van der Waals surface area contributed by atoms with Crippen LogP contribution in [0.5, 0.6) is 0 Å². The number of epoxide rings is 1. The molecule has 0 radical (unpaired) electrons. The van der Waals surface area contributed by atoms with Crippen LogP contribution >= 0.6 is 0 Å². The SMILES string of the molecule is CC(Cn1nc(C(=O)O)c2ccccc21)C1CO1. The summed E-state index contributed by atoms with van der Waals surface area (Å²) in [6.07, 6.45) is 0.293. The van der Waals surface area contributed by atoms with Gasteiger partial charge in [0, 0.05) is 17.8 Å². The maximum absolute atomic E-state index is 11.2. The van der Waals surface area contributed by atoms with Crippen molar-refractivity contribution in [3.8, 4) is 0 Å². The Morgan fingerprint density at radius 1 is 1.61 bits per heavy atom. The quantitative estimate of drug-likeness (QED) is 0.835. The van der Waals surface area contributed by atoms with Crippen molar-refractivity contribution in [2.45, 2.75) is 19.6 Å². The maximum atomic E-state index is 11.2. The zero-order valence-electron chi connectivity index (χ0n) is 10.0. The van der Waals surface area contributed by atoms with Crippen LogP contribution in [0.2, 0.25) is 0 Å². The highest BCUT2D eigenvalue weighted by molar-refractivity contribution is 6.01. The average molecular weight is 246 g/mol. The van der Waals surface area contributed by atoms with E-state index in [2.05, 4.69) is 12.0 Å². The maximum Gasteiger partial charge on any atom is 0.357 e. The molecular weight excluding hydrogens is 232 g/mol. The van der Waals surface area contributed by atoms with Crippen LogP contribution in [-0.4, -0.2) is 33.6 Å². The van der Waals surface area contributed by atoms with Gasteiger partial charge in [-0.2, -0.15) is 5.10 Å². The van der Waals surface area contributed by atoms with E-state index in [1.807, 2.05) is 18.2 Å². The Morgan fingerprint density at radius 3 is 3.00 bits per heavy atom. The van der Waals surface area contributed by atoms with Gasteiger partial charge in [-0.1, -0.05) is 25.1 Å². The number of hydrogen-bond acceptors (Lipinski definition) is 3. The molecule has 1 aromatic carbocycles. The van der Waals surface area contributed by atoms with Crippen molar-refractivity contribution >= 4 is 16.9 Å². The fraction of sp³-hybridized carbons (Fsp3) is 0.385. The first-order valence-electron chi connectivity index (χ1n) is 5.97. The molecule has 1 saturated heterocycles. The lowest BCUT2D eigenvalue weighted by atomic mass is 10.1. The lowest BCUT2D eigenvalue weighted by Gasteiger charge is -2.08. The molecule has 94 valence electrons. The summed E-state index contributed by atoms with van der Waals surface area (Å²) in [6, 6.07) is 7.41. The summed E-state index contributed by atoms with van der Waals surface area (Å²) < 4.78 is 7.02. The summed E-state index contributed by atoms with van der Waals surface area (Å²) in [4.78, 5) is 11.2. The molecule has 0 amide bonds. The molecule has 5 nitrogen and oxygen atoms in total. The van der Waals surface area contributed by atoms with Crippen LogP contribution in [0.15, 0.2) is 24.3 Å². The zero-order chi connectivity index (χ0) is 12.7. The zero-order valence-corrected chi connectivity index (χ0v) is 10.0. The van der Waals surface area contributed by atoms with E-state index in [0.717, 1.165) is 12.1 Å². The second-order valence-electron chi connectivity index (χ2n) is 4.70. The monoisotopic (exact) mass is 246 g/mol. The van der Waals surface area contributed by atoms with E-state index in [4.69, 9.17) is 9.84 Å². The Bertz CT molecular complexity index is 601. The van der Waals surface area contributed by atoms with Crippen LogP contribution in [0.1, 0.15) is 17.4 Å². The topological polar surface area (TPSA) is 67.7 Å². The van der Waals surface area contributed by atoms with E-state index >= 15 is 0 Å². The van der Waals surface area contributed by atoms with Crippen LogP contribution in [0.3, 0.4) is 0 Å². The van der Waals surface area contributed by atoms with Crippen molar-refractivity contribution in [2.24, 2.45) is 5.92 Å². The number of rotatable bonds is 4. The summed E-state index contributed by atoms with van der Waals surface area (Å²) in [7, 11) is 0. The van der Waals surface area contributed by atoms with Crippen molar-refractivity contribution in [1.29, 1.82) is 0 Å². The molecular formula is C13H14N2O3. The minimum atomic E-state index is -0.986. The second kappa shape index (κ2) is 4.10. The van der Waals surface area contributed by atoms with Crippen LogP contribution in [0.25, 0.3) is 10.9 Å². The molecule has 5 heteroatoms. The van der Waals surface area contributed by atoms with Gasteiger partial charge in [-0.15, -0.1) is 0 Å². The second-order valence-corrected chi connectivity index (χ2v) is 4.70. The first-order chi connectivity index (χ1) is 8.66. The fourth-order valence-corrected chi connectivity index (χ4v) is 2.20. The van der Waals surface area contributed by atoms with Gasteiger partial charge in [0.15, 0.2) is 5.69 Å². The van der Waals surface area contributed by atoms with E-state index < -0.39 is 5.97 Å². The molecule has 1 aliphatic rings. The van der Waals surface area contributed by atoms with E-state index in [9.17, 15) is 4.79 Å². The molecule has 0 aliphatic carbocycles. The molecule has 0 saturated carbocycles. The van der Waals surface area contributed by atoms with Gasteiger partial charge in [0.05, 0.1) is 18.2 Å². The number of benzene rings is 1. The standard InChI is InChI=1S/C13H14N2O3/c1-8(11-7-18-11)6-15-10-5-3-2-4-9(10)12(14-15)13(16)17/h2-5,8,11H,6-7H2,1H3,(H,16,17). The summed E-state index contributed by atoms with van der Waals surface area (Å²) in [6.45, 7) is 3.57. The number of hydrogen-bond donors (Lipinski definition) is 1. The summed E-state index contributed by atoms with van der Waals surface area (Å²) in [5.74, 6) is -0.643. The number of aromatic nitrogens is 2. The first-order valence-corrected chi connectivity index (χ1v) is 5.97. The normalized spacial score (nSPS) is 19.9. The van der Waals surface area contributed by atoms with E-state index in [1.165, 1.54) is 0 Å². The molecule has 0 bridgehead atoms. The third-order valence-corrected chi connectivity index (χ3v) is 3.32. The van der Waals surface area contributed by atoms with Crippen molar-refractivity contribution in [1.82, 2.24) is 9.78 Å². The summed E-state index contributed by atoms with van der Waals surface area (Å²) in [5, 5.41) is 14.0. The van der Waals surface area contributed by atoms with Crippen LogP contribution in [0.4, 0.5) is 0 Å². The predicted octanol–water partition coefficient (Wildman–Crippen LogP) is 1.77. The summed E-state index contributed by atoms with van der Waals surface area (Å²) in [5.41, 5.74) is 0.983. The van der Waals surface area contributed by atoms with Gasteiger partial charge in [-0.05, 0) is 6.07 Å². The van der Waals surface area contributed by atoms with Crippen LogP contribution in [0, 0.1) is 5.92 Å². The Morgan fingerprint density at radius 2 is 2.33 bits per heavy atom. The first kappa shape index (κ1) is 11.2.